The van der Waals surface area contributed by atoms with Gasteiger partial charge >= 0.3 is 6.03 Å². The van der Waals surface area contributed by atoms with E-state index in [2.05, 4.69) is 10.3 Å². The molecule has 2 amide bonds. The number of fused-ring (bicyclic) bond motifs is 1. The fourth-order valence-corrected chi connectivity index (χ4v) is 3.31. The van der Waals surface area contributed by atoms with Crippen molar-refractivity contribution in [2.75, 3.05) is 10.2 Å². The molecule has 0 aliphatic carbocycles. The van der Waals surface area contributed by atoms with Crippen molar-refractivity contribution in [3.05, 3.63) is 65.5 Å². The number of nitrogens with zero attached hydrogens (tertiary/aromatic N) is 2. The fourth-order valence-electron chi connectivity index (χ4n) is 2.49. The second-order valence-corrected chi connectivity index (χ2v) is 5.91. The Morgan fingerprint density at radius 2 is 1.82 bits per heavy atom. The van der Waals surface area contributed by atoms with Crippen LogP contribution < -0.4 is 10.2 Å². The minimum Gasteiger partial charge on any atom is -0.307 e. The van der Waals surface area contributed by atoms with E-state index in [1.165, 1.54) is 0 Å². The number of carbonyl (C=O) groups is 1. The van der Waals surface area contributed by atoms with Crippen LogP contribution in [-0.4, -0.2) is 11.0 Å². The van der Waals surface area contributed by atoms with Gasteiger partial charge in [-0.25, -0.2) is 9.78 Å². The summed E-state index contributed by atoms with van der Waals surface area (Å²) in [6.45, 7) is 0.542. The zero-order valence-electron chi connectivity index (χ0n) is 11.7. The molecule has 1 aromatic heterocycles. The lowest BCUT2D eigenvalue weighted by atomic mass is 10.1. The molecule has 108 valence electrons. The highest BCUT2D eigenvalue weighted by Crippen LogP contribution is 2.31. The molecule has 4 rings (SSSR count). The maximum Gasteiger partial charge on any atom is 0.327 e. The van der Waals surface area contributed by atoms with Crippen molar-refractivity contribution >= 4 is 28.9 Å². The van der Waals surface area contributed by atoms with Gasteiger partial charge in [-0.2, -0.15) is 0 Å². The standard InChI is InChI=1S/C17H13N3OS/c21-17-18-14-9-5-4-8-13(14)10-20(17)15-11-22-16(19-15)12-6-2-1-3-7-12/h1-9,11H,10H2,(H,18,21). The van der Waals surface area contributed by atoms with Gasteiger partial charge in [0.15, 0.2) is 0 Å². The summed E-state index contributed by atoms with van der Waals surface area (Å²) in [4.78, 5) is 18.6. The SMILES string of the molecule is O=C1Nc2ccccc2CN1c1csc(-c2ccccc2)n1. The number of para-hydroxylation sites is 1. The fraction of sp³-hybridized carbons (Fsp3) is 0.0588. The molecule has 22 heavy (non-hydrogen) atoms. The summed E-state index contributed by atoms with van der Waals surface area (Å²) in [5.41, 5.74) is 3.04. The largest absolute Gasteiger partial charge is 0.327 e. The van der Waals surface area contributed by atoms with E-state index in [0.717, 1.165) is 21.8 Å². The molecule has 0 saturated carbocycles. The van der Waals surface area contributed by atoms with E-state index >= 15 is 0 Å². The van der Waals surface area contributed by atoms with Crippen LogP contribution in [0.25, 0.3) is 10.6 Å². The van der Waals surface area contributed by atoms with E-state index in [0.29, 0.717) is 12.4 Å². The summed E-state index contributed by atoms with van der Waals surface area (Å²) >= 11 is 1.55. The topological polar surface area (TPSA) is 45.2 Å². The number of anilines is 2. The zero-order chi connectivity index (χ0) is 14.9. The van der Waals surface area contributed by atoms with Gasteiger partial charge in [-0.1, -0.05) is 48.5 Å². The number of aromatic nitrogens is 1. The predicted octanol–water partition coefficient (Wildman–Crippen LogP) is 4.36. The van der Waals surface area contributed by atoms with Gasteiger partial charge < -0.3 is 5.32 Å². The highest BCUT2D eigenvalue weighted by molar-refractivity contribution is 7.13. The highest BCUT2D eigenvalue weighted by Gasteiger charge is 2.25. The van der Waals surface area contributed by atoms with Crippen molar-refractivity contribution in [2.24, 2.45) is 0 Å². The first-order valence-electron chi connectivity index (χ1n) is 6.98. The van der Waals surface area contributed by atoms with Gasteiger partial charge in [-0.15, -0.1) is 11.3 Å². The van der Waals surface area contributed by atoms with Gasteiger partial charge in [0.1, 0.15) is 10.8 Å². The molecule has 1 N–H and O–H groups in total. The predicted molar refractivity (Wildman–Crippen MR) is 89.2 cm³/mol. The highest BCUT2D eigenvalue weighted by atomic mass is 32.1. The lowest BCUT2D eigenvalue weighted by molar-refractivity contribution is 0.256. The maximum absolute atomic E-state index is 12.3. The summed E-state index contributed by atoms with van der Waals surface area (Å²) in [6, 6.07) is 17.7. The number of carbonyl (C=O) groups excluding carboxylic acids is 1. The van der Waals surface area contributed by atoms with Gasteiger partial charge in [0.2, 0.25) is 0 Å². The molecule has 0 spiro atoms. The molecule has 1 aliphatic heterocycles. The van der Waals surface area contributed by atoms with Crippen LogP contribution in [0.3, 0.4) is 0 Å². The molecule has 0 atom stereocenters. The van der Waals surface area contributed by atoms with Crippen molar-refractivity contribution in [3.8, 4) is 10.6 Å². The smallest absolute Gasteiger partial charge is 0.307 e. The third-order valence-corrected chi connectivity index (χ3v) is 4.50. The van der Waals surface area contributed by atoms with Crippen molar-refractivity contribution < 1.29 is 4.79 Å². The Kier molecular flexibility index (Phi) is 3.12. The molecule has 0 bridgehead atoms. The molecular formula is C17H13N3OS. The van der Waals surface area contributed by atoms with Gasteiger partial charge in [0, 0.05) is 16.6 Å². The molecule has 0 radical (unpaired) electrons. The minimum atomic E-state index is -0.136. The molecule has 3 aromatic rings. The first kappa shape index (κ1) is 13.0. The maximum atomic E-state index is 12.3. The first-order chi connectivity index (χ1) is 10.8. The van der Waals surface area contributed by atoms with Crippen LogP contribution in [0.2, 0.25) is 0 Å². The van der Waals surface area contributed by atoms with Crippen LogP contribution in [0.4, 0.5) is 16.3 Å². The number of benzene rings is 2. The number of hydrogen-bond donors (Lipinski definition) is 1. The lowest BCUT2D eigenvalue weighted by Crippen LogP contribution is -2.38. The van der Waals surface area contributed by atoms with Crippen molar-refractivity contribution in [3.63, 3.8) is 0 Å². The number of hydrogen-bond acceptors (Lipinski definition) is 3. The molecule has 2 heterocycles. The average Bonchev–Trinajstić information content (AvgIpc) is 3.05. The van der Waals surface area contributed by atoms with Crippen LogP contribution in [-0.2, 0) is 6.54 Å². The summed E-state index contributed by atoms with van der Waals surface area (Å²) in [6.07, 6.45) is 0. The summed E-state index contributed by atoms with van der Waals surface area (Å²) in [5.74, 6) is 0.691. The van der Waals surface area contributed by atoms with Crippen LogP contribution in [0.5, 0.6) is 0 Å². The van der Waals surface area contributed by atoms with Gasteiger partial charge in [-0.3, -0.25) is 4.90 Å². The minimum absolute atomic E-state index is 0.136. The van der Waals surface area contributed by atoms with Gasteiger partial charge in [0.25, 0.3) is 0 Å². The van der Waals surface area contributed by atoms with E-state index in [-0.39, 0.29) is 6.03 Å². The number of urea groups is 1. The van der Waals surface area contributed by atoms with E-state index < -0.39 is 0 Å². The van der Waals surface area contributed by atoms with Crippen LogP contribution in [0, 0.1) is 0 Å². The normalized spacial score (nSPS) is 13.6. The van der Waals surface area contributed by atoms with Crippen LogP contribution in [0.15, 0.2) is 60.0 Å². The third-order valence-electron chi connectivity index (χ3n) is 3.62. The summed E-state index contributed by atoms with van der Waals surface area (Å²) in [7, 11) is 0. The van der Waals surface area contributed by atoms with Crippen molar-refractivity contribution in [2.45, 2.75) is 6.54 Å². The molecule has 0 saturated heterocycles. The Morgan fingerprint density at radius 3 is 2.68 bits per heavy atom. The zero-order valence-corrected chi connectivity index (χ0v) is 12.5. The third kappa shape index (κ3) is 2.25. The second-order valence-electron chi connectivity index (χ2n) is 5.05. The van der Waals surface area contributed by atoms with Crippen molar-refractivity contribution in [1.82, 2.24) is 4.98 Å². The number of thiazole rings is 1. The second kappa shape index (κ2) is 5.27. The lowest BCUT2D eigenvalue weighted by Gasteiger charge is -2.27. The van der Waals surface area contributed by atoms with Crippen LogP contribution in [0.1, 0.15) is 5.56 Å². The first-order valence-corrected chi connectivity index (χ1v) is 7.86. The van der Waals surface area contributed by atoms with E-state index in [1.54, 1.807) is 16.2 Å². The molecule has 0 fully saturated rings. The Bertz CT molecular complexity index is 829. The average molecular weight is 307 g/mol. The molecular weight excluding hydrogens is 294 g/mol. The Morgan fingerprint density at radius 1 is 1.05 bits per heavy atom. The Hall–Kier alpha value is -2.66. The summed E-state index contributed by atoms with van der Waals surface area (Å²) < 4.78 is 0. The summed E-state index contributed by atoms with van der Waals surface area (Å²) in [5, 5.41) is 5.75. The van der Waals surface area contributed by atoms with E-state index in [1.807, 2.05) is 60.0 Å². The number of rotatable bonds is 2. The van der Waals surface area contributed by atoms with Crippen LogP contribution >= 0.6 is 11.3 Å². The molecule has 2 aromatic carbocycles. The number of nitrogens with one attached hydrogen (secondary N) is 1. The quantitative estimate of drug-likeness (QED) is 0.764. The van der Waals surface area contributed by atoms with E-state index in [4.69, 9.17) is 0 Å². The molecule has 5 heteroatoms. The Labute approximate surface area is 132 Å². The van der Waals surface area contributed by atoms with Gasteiger partial charge in [0.05, 0.1) is 6.54 Å². The van der Waals surface area contributed by atoms with E-state index in [9.17, 15) is 4.79 Å². The monoisotopic (exact) mass is 307 g/mol. The Balaban J connectivity index is 1.66. The molecule has 4 nitrogen and oxygen atoms in total. The number of amides is 2. The van der Waals surface area contributed by atoms with Crippen molar-refractivity contribution in [1.29, 1.82) is 0 Å². The molecule has 1 aliphatic rings. The van der Waals surface area contributed by atoms with Gasteiger partial charge in [-0.05, 0) is 11.6 Å². The molecule has 0 unspecified atom stereocenters.